The number of aromatic nitrogens is 1. The summed E-state index contributed by atoms with van der Waals surface area (Å²) in [5.74, 6) is 0.902. The Bertz CT molecular complexity index is 817. The summed E-state index contributed by atoms with van der Waals surface area (Å²) in [7, 11) is 1.77. The van der Waals surface area contributed by atoms with Crippen LogP contribution in [0, 0.1) is 5.92 Å². The Morgan fingerprint density at radius 3 is 2.83 bits per heavy atom. The van der Waals surface area contributed by atoms with Gasteiger partial charge in [0, 0.05) is 25.2 Å². The van der Waals surface area contributed by atoms with Crippen LogP contribution >= 0.6 is 22.7 Å². The van der Waals surface area contributed by atoms with Crippen LogP contribution in [0.5, 0.6) is 0 Å². The molecule has 1 aliphatic rings. The number of carbonyl (C=O) groups excluding carboxylic acids is 1. The number of hydrogen-bond acceptors (Lipinski definition) is 5. The predicted octanol–water partition coefficient (Wildman–Crippen LogP) is 6.71. The first-order valence-electron chi connectivity index (χ1n) is 10.7. The Hall–Kier alpha value is -1.79. The highest BCUT2D eigenvalue weighted by molar-refractivity contribution is 7.14. The van der Waals surface area contributed by atoms with Gasteiger partial charge in [0.05, 0.1) is 10.6 Å². The first kappa shape index (κ1) is 21.9. The molecular weight excluding hydrogens is 398 g/mol. The standard InChI is InChI=1S/C23H31N3OS2/c1-3-19(13-14-24-2)20-17-29-23(25-20)26(22(27)21-12-8-16-28-21)15-7-11-18-9-5-4-6-10-18/h8,12-14,16-18H,3-7,9-11,15H2,1-2H3/b19-13+,24-14?. The highest BCUT2D eigenvalue weighted by Gasteiger charge is 2.22. The third-order valence-corrected chi connectivity index (χ3v) is 7.28. The van der Waals surface area contributed by atoms with E-state index in [4.69, 9.17) is 4.98 Å². The highest BCUT2D eigenvalue weighted by Crippen LogP contribution is 2.30. The molecule has 156 valence electrons. The molecule has 0 aromatic carbocycles. The molecule has 0 saturated heterocycles. The zero-order valence-corrected chi connectivity index (χ0v) is 19.1. The van der Waals surface area contributed by atoms with E-state index in [0.29, 0.717) is 0 Å². The number of anilines is 1. The Kier molecular flexibility index (Phi) is 8.62. The molecule has 0 atom stereocenters. The van der Waals surface area contributed by atoms with Gasteiger partial charge < -0.3 is 0 Å². The molecule has 3 rings (SSSR count). The van der Waals surface area contributed by atoms with Gasteiger partial charge in [-0.3, -0.25) is 14.7 Å². The summed E-state index contributed by atoms with van der Waals surface area (Å²) >= 11 is 3.06. The maximum Gasteiger partial charge on any atom is 0.270 e. The topological polar surface area (TPSA) is 45.6 Å². The summed E-state index contributed by atoms with van der Waals surface area (Å²) < 4.78 is 0. The summed E-state index contributed by atoms with van der Waals surface area (Å²) in [4.78, 5) is 24.7. The van der Waals surface area contributed by atoms with E-state index >= 15 is 0 Å². The van der Waals surface area contributed by atoms with Crippen LogP contribution in [0.15, 0.2) is 34.0 Å². The van der Waals surface area contributed by atoms with Crippen LogP contribution in [-0.4, -0.2) is 30.7 Å². The van der Waals surface area contributed by atoms with Crippen molar-refractivity contribution in [2.45, 2.75) is 58.3 Å². The van der Waals surface area contributed by atoms with Gasteiger partial charge in [-0.1, -0.05) is 45.1 Å². The van der Waals surface area contributed by atoms with E-state index in [0.717, 1.165) is 46.6 Å². The quantitative estimate of drug-likeness (QED) is 0.416. The van der Waals surface area contributed by atoms with Crippen LogP contribution in [0.4, 0.5) is 5.13 Å². The van der Waals surface area contributed by atoms with Crippen molar-refractivity contribution in [2.75, 3.05) is 18.5 Å². The lowest BCUT2D eigenvalue weighted by Crippen LogP contribution is -2.31. The summed E-state index contributed by atoms with van der Waals surface area (Å²) in [5.41, 5.74) is 2.09. The van der Waals surface area contributed by atoms with E-state index in [9.17, 15) is 4.79 Å². The number of aliphatic imine (C=N–C) groups is 1. The van der Waals surface area contributed by atoms with Gasteiger partial charge in [-0.15, -0.1) is 22.7 Å². The SMILES string of the molecule is CC/C(=C\C=NC)c1csc(N(CCCC2CCCCC2)C(=O)c2cccs2)n1. The molecule has 1 amide bonds. The Morgan fingerprint density at radius 1 is 1.31 bits per heavy atom. The molecule has 2 aromatic rings. The van der Waals surface area contributed by atoms with Crippen molar-refractivity contribution in [1.82, 2.24) is 4.98 Å². The fourth-order valence-corrected chi connectivity index (χ4v) is 5.46. The maximum absolute atomic E-state index is 13.2. The zero-order chi connectivity index (χ0) is 20.5. The van der Waals surface area contributed by atoms with E-state index in [1.807, 2.05) is 28.5 Å². The lowest BCUT2D eigenvalue weighted by Gasteiger charge is -2.24. The first-order chi connectivity index (χ1) is 14.2. The van der Waals surface area contributed by atoms with Crippen LogP contribution in [0.25, 0.3) is 5.57 Å². The van der Waals surface area contributed by atoms with Crippen LogP contribution in [0.1, 0.15) is 73.7 Å². The van der Waals surface area contributed by atoms with E-state index in [2.05, 4.69) is 17.3 Å². The minimum Gasteiger partial charge on any atom is -0.297 e. The number of amides is 1. The normalized spacial score (nSPS) is 15.9. The third kappa shape index (κ3) is 6.09. The zero-order valence-electron chi connectivity index (χ0n) is 17.5. The molecule has 0 N–H and O–H groups in total. The van der Waals surface area contributed by atoms with Crippen LogP contribution < -0.4 is 4.90 Å². The second-order valence-electron chi connectivity index (χ2n) is 7.55. The maximum atomic E-state index is 13.2. The molecular formula is C23H31N3OS2. The molecule has 6 heteroatoms. The van der Waals surface area contributed by atoms with Gasteiger partial charge in [0.25, 0.3) is 5.91 Å². The van der Waals surface area contributed by atoms with Gasteiger partial charge in [-0.05, 0) is 48.3 Å². The van der Waals surface area contributed by atoms with Gasteiger partial charge in [0.15, 0.2) is 5.13 Å². The van der Waals surface area contributed by atoms with E-state index in [1.54, 1.807) is 24.6 Å². The van der Waals surface area contributed by atoms with E-state index in [1.165, 1.54) is 49.9 Å². The fraction of sp³-hybridized carbons (Fsp3) is 0.522. The van der Waals surface area contributed by atoms with Crippen LogP contribution in [-0.2, 0) is 0 Å². The second kappa shape index (κ2) is 11.4. The lowest BCUT2D eigenvalue weighted by atomic mass is 9.86. The molecule has 0 radical (unpaired) electrons. The number of thiophene rings is 1. The summed E-state index contributed by atoms with van der Waals surface area (Å²) in [6, 6.07) is 3.85. The summed E-state index contributed by atoms with van der Waals surface area (Å²) in [5, 5.41) is 4.82. The monoisotopic (exact) mass is 429 g/mol. The van der Waals surface area contributed by atoms with Crippen molar-refractivity contribution in [3.8, 4) is 0 Å². The molecule has 2 aromatic heterocycles. The number of nitrogens with zero attached hydrogens (tertiary/aromatic N) is 3. The minimum atomic E-state index is 0.0710. The summed E-state index contributed by atoms with van der Waals surface area (Å²) in [6.45, 7) is 2.86. The van der Waals surface area contributed by atoms with Crippen LogP contribution in [0.2, 0.25) is 0 Å². The molecule has 4 nitrogen and oxygen atoms in total. The molecule has 0 aliphatic heterocycles. The molecule has 1 fully saturated rings. The Labute approximate surface area is 182 Å². The minimum absolute atomic E-state index is 0.0710. The van der Waals surface area contributed by atoms with Crippen molar-refractivity contribution in [3.63, 3.8) is 0 Å². The third-order valence-electron chi connectivity index (χ3n) is 5.55. The van der Waals surface area contributed by atoms with Gasteiger partial charge in [-0.25, -0.2) is 4.98 Å². The average molecular weight is 430 g/mol. The van der Waals surface area contributed by atoms with Gasteiger partial charge in [-0.2, -0.15) is 0 Å². The predicted molar refractivity (Wildman–Crippen MR) is 127 cm³/mol. The van der Waals surface area contributed by atoms with Crippen molar-refractivity contribution >= 4 is 45.5 Å². The molecule has 29 heavy (non-hydrogen) atoms. The number of rotatable bonds is 9. The van der Waals surface area contributed by atoms with Gasteiger partial charge >= 0.3 is 0 Å². The molecule has 0 bridgehead atoms. The van der Waals surface area contributed by atoms with E-state index in [-0.39, 0.29) is 5.91 Å². The molecule has 1 saturated carbocycles. The van der Waals surface area contributed by atoms with Crippen molar-refractivity contribution in [1.29, 1.82) is 0 Å². The van der Waals surface area contributed by atoms with E-state index < -0.39 is 0 Å². The fourth-order valence-electron chi connectivity index (χ4n) is 3.92. The van der Waals surface area contributed by atoms with Gasteiger partial charge in [0.2, 0.25) is 0 Å². The van der Waals surface area contributed by atoms with Crippen molar-refractivity contribution in [2.24, 2.45) is 10.9 Å². The largest absolute Gasteiger partial charge is 0.297 e. The average Bonchev–Trinajstić information content (AvgIpc) is 3.45. The van der Waals surface area contributed by atoms with Crippen LogP contribution in [0.3, 0.4) is 0 Å². The first-order valence-corrected chi connectivity index (χ1v) is 12.4. The second-order valence-corrected chi connectivity index (χ2v) is 9.33. The Balaban J connectivity index is 1.74. The molecule has 2 heterocycles. The molecule has 0 unspecified atom stereocenters. The van der Waals surface area contributed by atoms with Crippen molar-refractivity contribution in [3.05, 3.63) is 39.5 Å². The molecule has 0 spiro atoms. The van der Waals surface area contributed by atoms with Crippen molar-refractivity contribution < 1.29 is 4.79 Å². The number of allylic oxidation sites excluding steroid dienone is 2. The highest BCUT2D eigenvalue weighted by atomic mass is 32.1. The smallest absolute Gasteiger partial charge is 0.270 e. The van der Waals surface area contributed by atoms with Gasteiger partial charge in [0.1, 0.15) is 0 Å². The number of carbonyl (C=O) groups is 1. The number of thiazole rings is 1. The molecule has 1 aliphatic carbocycles. The lowest BCUT2D eigenvalue weighted by molar-refractivity contribution is 0.0989. The Morgan fingerprint density at radius 2 is 2.14 bits per heavy atom. The summed E-state index contributed by atoms with van der Waals surface area (Å²) in [6.07, 6.45) is 13.8. The number of hydrogen-bond donors (Lipinski definition) is 0.